The van der Waals surface area contributed by atoms with E-state index in [1.807, 2.05) is 19.9 Å². The molecule has 0 bridgehead atoms. The number of benzene rings is 2. The Hall–Kier alpha value is -3.08. The van der Waals surface area contributed by atoms with Gasteiger partial charge in [-0.15, -0.1) is 0 Å². The van der Waals surface area contributed by atoms with Crippen molar-refractivity contribution in [2.24, 2.45) is 0 Å². The van der Waals surface area contributed by atoms with Crippen molar-refractivity contribution >= 4 is 16.8 Å². The first-order chi connectivity index (χ1) is 13.1. The van der Waals surface area contributed by atoms with Crippen molar-refractivity contribution in [2.75, 3.05) is 13.2 Å². The van der Waals surface area contributed by atoms with Crippen LogP contribution in [0.1, 0.15) is 42.6 Å². The van der Waals surface area contributed by atoms with E-state index in [-0.39, 0.29) is 11.3 Å². The van der Waals surface area contributed by atoms with Crippen LogP contribution in [-0.4, -0.2) is 19.0 Å². The molecule has 0 unspecified atom stereocenters. The van der Waals surface area contributed by atoms with E-state index in [1.54, 1.807) is 42.5 Å². The first-order valence-electron chi connectivity index (χ1n) is 9.11. The highest BCUT2D eigenvalue weighted by Crippen LogP contribution is 2.32. The van der Waals surface area contributed by atoms with Gasteiger partial charge in [0.05, 0.1) is 18.6 Å². The van der Waals surface area contributed by atoms with E-state index in [0.717, 1.165) is 12.8 Å². The third kappa shape index (κ3) is 4.19. The van der Waals surface area contributed by atoms with Gasteiger partial charge < -0.3 is 13.9 Å². The number of fused-ring (bicyclic) bond motifs is 1. The number of hydrogen-bond donors (Lipinski definition) is 0. The highest BCUT2D eigenvalue weighted by Gasteiger charge is 2.18. The fourth-order valence-corrected chi connectivity index (χ4v) is 2.70. The van der Waals surface area contributed by atoms with Gasteiger partial charge in [0.15, 0.2) is 5.78 Å². The molecular weight excluding hydrogens is 344 g/mol. The van der Waals surface area contributed by atoms with Gasteiger partial charge in [0.25, 0.3) is 0 Å². The summed E-state index contributed by atoms with van der Waals surface area (Å²) in [6, 6.07) is 13.6. The molecule has 0 fully saturated rings. The summed E-state index contributed by atoms with van der Waals surface area (Å²) in [4.78, 5) is 25.1. The molecule has 0 atom stereocenters. The van der Waals surface area contributed by atoms with E-state index in [4.69, 9.17) is 13.9 Å². The molecule has 3 rings (SSSR count). The molecule has 1 heterocycles. The number of carbonyl (C=O) groups is 1. The lowest BCUT2D eigenvalue weighted by Crippen LogP contribution is -2.15. The van der Waals surface area contributed by atoms with Gasteiger partial charge in [-0.2, -0.15) is 0 Å². The van der Waals surface area contributed by atoms with Gasteiger partial charge in [-0.25, -0.2) is 4.79 Å². The summed E-state index contributed by atoms with van der Waals surface area (Å²) < 4.78 is 16.9. The Morgan fingerprint density at radius 1 is 0.963 bits per heavy atom. The Labute approximate surface area is 157 Å². The summed E-state index contributed by atoms with van der Waals surface area (Å²) in [5, 5.41) is 0.575. The molecule has 0 saturated heterocycles. The monoisotopic (exact) mass is 366 g/mol. The van der Waals surface area contributed by atoms with Gasteiger partial charge in [-0.05, 0) is 18.9 Å². The van der Waals surface area contributed by atoms with Crippen LogP contribution in [-0.2, 0) is 0 Å². The lowest BCUT2D eigenvalue weighted by Gasteiger charge is -2.12. The average molecular weight is 366 g/mol. The lowest BCUT2D eigenvalue weighted by molar-refractivity contribution is 0.103. The Morgan fingerprint density at radius 3 is 2.37 bits per heavy atom. The Bertz CT molecular complexity index is 989. The topological polar surface area (TPSA) is 65.7 Å². The summed E-state index contributed by atoms with van der Waals surface area (Å²) in [6.07, 6.45) is 1.69. The molecule has 27 heavy (non-hydrogen) atoms. The molecule has 0 N–H and O–H groups in total. The van der Waals surface area contributed by atoms with Crippen molar-refractivity contribution in [2.45, 2.75) is 26.7 Å². The van der Waals surface area contributed by atoms with Crippen LogP contribution >= 0.6 is 0 Å². The van der Waals surface area contributed by atoms with Crippen LogP contribution in [0, 0.1) is 0 Å². The Kier molecular flexibility index (Phi) is 5.91. The van der Waals surface area contributed by atoms with Crippen molar-refractivity contribution in [3.8, 4) is 11.5 Å². The predicted molar refractivity (Wildman–Crippen MR) is 104 cm³/mol. The van der Waals surface area contributed by atoms with E-state index >= 15 is 0 Å². The molecule has 0 radical (unpaired) electrons. The van der Waals surface area contributed by atoms with E-state index in [9.17, 15) is 9.59 Å². The lowest BCUT2D eigenvalue weighted by atomic mass is 10.0. The van der Waals surface area contributed by atoms with Gasteiger partial charge in [-0.1, -0.05) is 44.2 Å². The number of ketones is 1. The molecule has 0 saturated carbocycles. The zero-order valence-electron chi connectivity index (χ0n) is 15.5. The van der Waals surface area contributed by atoms with Crippen LogP contribution < -0.4 is 15.1 Å². The maximum Gasteiger partial charge on any atom is 0.347 e. The van der Waals surface area contributed by atoms with Gasteiger partial charge >= 0.3 is 5.63 Å². The van der Waals surface area contributed by atoms with E-state index in [2.05, 4.69) is 0 Å². The van der Waals surface area contributed by atoms with Crippen LogP contribution in [0.15, 0.2) is 57.7 Å². The Morgan fingerprint density at radius 2 is 1.67 bits per heavy atom. The Balaban J connectivity index is 2.11. The standard InChI is InChI=1S/C22H22O5/c1-3-10-25-16-12-19(26-11-4-2)17-14-18(22(24)27-20(17)13-16)21(23)15-8-6-5-7-9-15/h5-9,12-14H,3-4,10-11H2,1-2H3. The number of ether oxygens (including phenoxy) is 2. The molecule has 140 valence electrons. The summed E-state index contributed by atoms with van der Waals surface area (Å²) in [5.41, 5.74) is 0.0788. The second-order valence-electron chi connectivity index (χ2n) is 6.17. The fourth-order valence-electron chi connectivity index (χ4n) is 2.70. The maximum atomic E-state index is 12.7. The van der Waals surface area contributed by atoms with Crippen molar-refractivity contribution in [1.29, 1.82) is 0 Å². The number of rotatable bonds is 8. The quantitative estimate of drug-likeness (QED) is 0.430. The number of carbonyl (C=O) groups excluding carboxylic acids is 1. The first kappa shape index (κ1) is 18.7. The SMILES string of the molecule is CCCOc1cc(OCCC)c2cc(C(=O)c3ccccc3)c(=O)oc2c1. The van der Waals surface area contributed by atoms with Crippen molar-refractivity contribution in [3.63, 3.8) is 0 Å². The van der Waals surface area contributed by atoms with Crippen LogP contribution in [0.5, 0.6) is 11.5 Å². The van der Waals surface area contributed by atoms with Crippen molar-refractivity contribution < 1.29 is 18.7 Å². The molecule has 0 aliphatic heterocycles. The number of hydrogen-bond acceptors (Lipinski definition) is 5. The van der Waals surface area contributed by atoms with Crippen LogP contribution in [0.25, 0.3) is 11.0 Å². The van der Waals surface area contributed by atoms with Gasteiger partial charge in [-0.3, -0.25) is 4.79 Å². The zero-order chi connectivity index (χ0) is 19.2. The van der Waals surface area contributed by atoms with Crippen LogP contribution in [0.3, 0.4) is 0 Å². The zero-order valence-corrected chi connectivity index (χ0v) is 15.5. The van der Waals surface area contributed by atoms with Crippen LogP contribution in [0.4, 0.5) is 0 Å². The summed E-state index contributed by atoms with van der Waals surface area (Å²) in [5.74, 6) is 0.728. The minimum atomic E-state index is -0.676. The van der Waals surface area contributed by atoms with Gasteiger partial charge in [0, 0.05) is 17.7 Å². The largest absolute Gasteiger partial charge is 0.493 e. The van der Waals surface area contributed by atoms with Crippen molar-refractivity contribution in [1.82, 2.24) is 0 Å². The third-order valence-corrected chi connectivity index (χ3v) is 4.00. The molecule has 3 aromatic rings. The molecule has 5 nitrogen and oxygen atoms in total. The fraction of sp³-hybridized carbons (Fsp3) is 0.273. The second kappa shape index (κ2) is 8.54. The van der Waals surface area contributed by atoms with E-state index < -0.39 is 5.63 Å². The van der Waals surface area contributed by atoms with Gasteiger partial charge in [0.1, 0.15) is 22.6 Å². The second-order valence-corrected chi connectivity index (χ2v) is 6.17. The molecule has 2 aromatic carbocycles. The minimum Gasteiger partial charge on any atom is -0.493 e. The predicted octanol–water partition coefficient (Wildman–Crippen LogP) is 4.60. The molecule has 5 heteroatoms. The molecule has 1 aromatic heterocycles. The smallest absolute Gasteiger partial charge is 0.347 e. The normalized spacial score (nSPS) is 10.7. The molecule has 0 amide bonds. The molecule has 0 aliphatic rings. The molecule has 0 spiro atoms. The highest BCUT2D eigenvalue weighted by atomic mass is 16.5. The van der Waals surface area contributed by atoms with E-state index in [1.165, 1.54) is 0 Å². The summed E-state index contributed by atoms with van der Waals surface area (Å²) in [7, 11) is 0. The molecular formula is C22H22O5. The first-order valence-corrected chi connectivity index (χ1v) is 9.11. The molecule has 0 aliphatic carbocycles. The highest BCUT2D eigenvalue weighted by molar-refractivity contribution is 6.10. The third-order valence-electron chi connectivity index (χ3n) is 4.00. The minimum absolute atomic E-state index is 0.0164. The maximum absolute atomic E-state index is 12.7. The van der Waals surface area contributed by atoms with Crippen molar-refractivity contribution in [3.05, 3.63) is 70.1 Å². The summed E-state index contributed by atoms with van der Waals surface area (Å²) in [6.45, 7) is 5.07. The van der Waals surface area contributed by atoms with E-state index in [0.29, 0.717) is 41.2 Å². The van der Waals surface area contributed by atoms with Gasteiger partial charge in [0.2, 0.25) is 0 Å². The van der Waals surface area contributed by atoms with Crippen LogP contribution in [0.2, 0.25) is 0 Å². The summed E-state index contributed by atoms with van der Waals surface area (Å²) >= 11 is 0. The average Bonchev–Trinajstić information content (AvgIpc) is 2.70.